The van der Waals surface area contributed by atoms with E-state index in [1.807, 2.05) is 0 Å². The van der Waals surface area contributed by atoms with Crippen LogP contribution in [0.15, 0.2) is 48.5 Å². The Bertz CT molecular complexity index is 929. The molecule has 2 aromatic carbocycles. The van der Waals surface area contributed by atoms with Crippen molar-refractivity contribution in [1.82, 2.24) is 20.4 Å². The molecule has 0 unspecified atom stereocenters. The first-order valence-corrected chi connectivity index (χ1v) is 11.6. The molecule has 2 heterocycles. The second-order valence-corrected chi connectivity index (χ2v) is 8.41. The number of nitrogens with zero attached hydrogens (tertiary/aromatic N) is 2. The van der Waals surface area contributed by atoms with Gasteiger partial charge < -0.3 is 25.0 Å². The fourth-order valence-corrected chi connectivity index (χ4v) is 4.06. The fourth-order valence-electron chi connectivity index (χ4n) is 4.06. The molecule has 176 valence electrons. The maximum absolute atomic E-state index is 12.2. The molecule has 33 heavy (non-hydrogen) atoms. The van der Waals surface area contributed by atoms with Gasteiger partial charge in [-0.3, -0.25) is 14.5 Å². The molecule has 0 radical (unpaired) electrons. The van der Waals surface area contributed by atoms with Crippen LogP contribution in [0, 0.1) is 0 Å². The molecule has 0 spiro atoms. The van der Waals surface area contributed by atoms with Gasteiger partial charge in [0.05, 0.1) is 6.54 Å². The molecule has 0 aliphatic carbocycles. The van der Waals surface area contributed by atoms with E-state index >= 15 is 0 Å². The number of carbonyl (C=O) groups excluding carboxylic acids is 2. The molecule has 1 fully saturated rings. The first-order valence-electron chi connectivity index (χ1n) is 11.6. The van der Waals surface area contributed by atoms with Crippen molar-refractivity contribution in [2.24, 2.45) is 0 Å². The van der Waals surface area contributed by atoms with Crippen LogP contribution in [0.1, 0.15) is 28.8 Å². The zero-order valence-corrected chi connectivity index (χ0v) is 18.9. The molecule has 8 heteroatoms. The SMILES string of the molecule is O=C(CNC(=O)c1ccc2c(c1)OCO2)NCCCCN1CCN(Cc2ccccc2)CC1. The van der Waals surface area contributed by atoms with Gasteiger partial charge in [0.2, 0.25) is 12.7 Å². The summed E-state index contributed by atoms with van der Waals surface area (Å²) in [6.07, 6.45) is 1.97. The molecule has 0 aromatic heterocycles. The first kappa shape index (κ1) is 23.1. The van der Waals surface area contributed by atoms with Crippen LogP contribution >= 0.6 is 0 Å². The molecule has 2 N–H and O–H groups in total. The number of ether oxygens (including phenoxy) is 2. The number of piperazine rings is 1. The van der Waals surface area contributed by atoms with E-state index in [0.717, 1.165) is 52.1 Å². The summed E-state index contributed by atoms with van der Waals surface area (Å²) in [4.78, 5) is 29.3. The largest absolute Gasteiger partial charge is 0.454 e. The Morgan fingerprint density at radius 1 is 0.848 bits per heavy atom. The number of hydrogen-bond acceptors (Lipinski definition) is 6. The number of benzene rings is 2. The smallest absolute Gasteiger partial charge is 0.251 e. The first-order chi connectivity index (χ1) is 16.2. The minimum atomic E-state index is -0.310. The predicted molar refractivity (Wildman–Crippen MR) is 125 cm³/mol. The lowest BCUT2D eigenvalue weighted by atomic mass is 10.2. The van der Waals surface area contributed by atoms with Crippen LogP contribution < -0.4 is 20.1 Å². The number of carbonyl (C=O) groups is 2. The molecule has 4 rings (SSSR count). The summed E-state index contributed by atoms with van der Waals surface area (Å²) in [6.45, 7) is 7.16. The monoisotopic (exact) mass is 452 g/mol. The van der Waals surface area contributed by atoms with E-state index in [-0.39, 0.29) is 25.2 Å². The minimum absolute atomic E-state index is 0.0450. The second-order valence-electron chi connectivity index (χ2n) is 8.41. The van der Waals surface area contributed by atoms with Crippen LogP contribution in [-0.4, -0.2) is 74.2 Å². The molecule has 2 aliphatic heterocycles. The van der Waals surface area contributed by atoms with E-state index in [1.165, 1.54) is 5.56 Å². The van der Waals surface area contributed by atoms with Gasteiger partial charge in [0.1, 0.15) is 0 Å². The minimum Gasteiger partial charge on any atom is -0.454 e. The van der Waals surface area contributed by atoms with Crippen molar-refractivity contribution < 1.29 is 19.1 Å². The second kappa shape index (κ2) is 11.7. The van der Waals surface area contributed by atoms with Gasteiger partial charge in [-0.25, -0.2) is 0 Å². The highest BCUT2D eigenvalue weighted by molar-refractivity contribution is 5.97. The van der Waals surface area contributed by atoms with E-state index in [9.17, 15) is 9.59 Å². The van der Waals surface area contributed by atoms with Crippen LogP contribution in [0.2, 0.25) is 0 Å². The van der Waals surface area contributed by atoms with Crippen LogP contribution in [0.25, 0.3) is 0 Å². The van der Waals surface area contributed by atoms with Crippen molar-refractivity contribution in [2.75, 3.05) is 52.6 Å². The molecule has 0 bridgehead atoms. The third-order valence-corrected chi connectivity index (χ3v) is 5.98. The number of nitrogens with one attached hydrogen (secondary N) is 2. The fraction of sp³-hybridized carbons (Fsp3) is 0.440. The molecule has 2 amide bonds. The highest BCUT2D eigenvalue weighted by Crippen LogP contribution is 2.32. The van der Waals surface area contributed by atoms with E-state index < -0.39 is 0 Å². The van der Waals surface area contributed by atoms with Crippen LogP contribution in [-0.2, 0) is 11.3 Å². The number of rotatable bonds is 10. The number of hydrogen-bond donors (Lipinski definition) is 2. The Morgan fingerprint density at radius 2 is 1.61 bits per heavy atom. The van der Waals surface area contributed by atoms with E-state index in [4.69, 9.17) is 9.47 Å². The normalized spacial score (nSPS) is 15.9. The van der Waals surface area contributed by atoms with Crippen LogP contribution in [0.4, 0.5) is 0 Å². The number of unbranched alkanes of at least 4 members (excludes halogenated alkanes) is 1. The van der Waals surface area contributed by atoms with Crippen molar-refractivity contribution in [1.29, 1.82) is 0 Å². The maximum Gasteiger partial charge on any atom is 0.251 e. The highest BCUT2D eigenvalue weighted by Gasteiger charge is 2.17. The Labute approximate surface area is 194 Å². The molecule has 2 aromatic rings. The van der Waals surface area contributed by atoms with Crippen LogP contribution in [0.3, 0.4) is 0 Å². The zero-order valence-electron chi connectivity index (χ0n) is 18.9. The van der Waals surface area contributed by atoms with Crippen molar-refractivity contribution in [2.45, 2.75) is 19.4 Å². The summed E-state index contributed by atoms with van der Waals surface area (Å²) in [7, 11) is 0. The van der Waals surface area contributed by atoms with Gasteiger partial charge in [-0.05, 0) is 43.1 Å². The molecule has 0 atom stereocenters. The lowest BCUT2D eigenvalue weighted by Gasteiger charge is -2.34. The number of amides is 2. The van der Waals surface area contributed by atoms with Gasteiger partial charge in [-0.1, -0.05) is 30.3 Å². The van der Waals surface area contributed by atoms with Crippen LogP contribution in [0.5, 0.6) is 11.5 Å². The van der Waals surface area contributed by atoms with Crippen molar-refractivity contribution in [3.63, 3.8) is 0 Å². The summed E-state index contributed by atoms with van der Waals surface area (Å²) in [5, 5.41) is 5.52. The summed E-state index contributed by atoms with van der Waals surface area (Å²) in [5.74, 6) is 0.677. The summed E-state index contributed by atoms with van der Waals surface area (Å²) in [5.41, 5.74) is 1.81. The Morgan fingerprint density at radius 3 is 2.42 bits per heavy atom. The van der Waals surface area contributed by atoms with Crippen molar-refractivity contribution in [3.8, 4) is 11.5 Å². The van der Waals surface area contributed by atoms with E-state index in [0.29, 0.717) is 23.6 Å². The van der Waals surface area contributed by atoms with E-state index in [1.54, 1.807) is 18.2 Å². The predicted octanol–water partition coefficient (Wildman–Crippen LogP) is 1.86. The molecule has 0 saturated carbocycles. The summed E-state index contributed by atoms with van der Waals surface area (Å²) >= 11 is 0. The third-order valence-electron chi connectivity index (χ3n) is 5.98. The summed E-state index contributed by atoms with van der Waals surface area (Å²) < 4.78 is 10.5. The van der Waals surface area contributed by atoms with Gasteiger partial charge in [-0.15, -0.1) is 0 Å². The van der Waals surface area contributed by atoms with Crippen molar-refractivity contribution in [3.05, 3.63) is 59.7 Å². The van der Waals surface area contributed by atoms with Gasteiger partial charge in [0.15, 0.2) is 11.5 Å². The molecular formula is C25H32N4O4. The Balaban J connectivity index is 1.04. The maximum atomic E-state index is 12.2. The number of fused-ring (bicyclic) bond motifs is 1. The van der Waals surface area contributed by atoms with E-state index in [2.05, 4.69) is 50.8 Å². The topological polar surface area (TPSA) is 83.1 Å². The lowest BCUT2D eigenvalue weighted by Crippen LogP contribution is -2.46. The lowest BCUT2D eigenvalue weighted by molar-refractivity contribution is -0.120. The Hall–Kier alpha value is -3.10. The highest BCUT2D eigenvalue weighted by atomic mass is 16.7. The van der Waals surface area contributed by atoms with Gasteiger partial charge in [0.25, 0.3) is 5.91 Å². The molecule has 8 nitrogen and oxygen atoms in total. The van der Waals surface area contributed by atoms with Gasteiger partial charge >= 0.3 is 0 Å². The summed E-state index contributed by atoms with van der Waals surface area (Å²) in [6, 6.07) is 15.6. The zero-order chi connectivity index (χ0) is 22.9. The standard InChI is InChI=1S/C25H32N4O4/c30-24(17-27-25(31)21-8-9-22-23(16-21)33-19-32-22)26-10-4-5-11-28-12-14-29(15-13-28)18-20-6-2-1-3-7-20/h1-3,6-9,16H,4-5,10-15,17-19H2,(H,26,30)(H,27,31). The molecule has 1 saturated heterocycles. The van der Waals surface area contributed by atoms with Gasteiger partial charge in [-0.2, -0.15) is 0 Å². The molecule has 2 aliphatic rings. The third kappa shape index (κ3) is 6.94. The average Bonchev–Trinajstić information content (AvgIpc) is 3.32. The molecular weight excluding hydrogens is 420 g/mol. The quantitative estimate of drug-likeness (QED) is 0.536. The van der Waals surface area contributed by atoms with Crippen molar-refractivity contribution >= 4 is 11.8 Å². The average molecular weight is 453 g/mol. The Kier molecular flexibility index (Phi) is 8.16. The van der Waals surface area contributed by atoms with Gasteiger partial charge in [0, 0.05) is 44.8 Å².